The zero-order chi connectivity index (χ0) is 14.7. The van der Waals surface area contributed by atoms with E-state index in [1.54, 1.807) is 16.7 Å². The molecule has 6 heteroatoms. The fourth-order valence-electron chi connectivity index (χ4n) is 3.13. The van der Waals surface area contributed by atoms with Gasteiger partial charge in [0.2, 0.25) is 0 Å². The largest absolute Gasteiger partial charge is 0.481 e. The minimum atomic E-state index is -0.810. The maximum absolute atomic E-state index is 12.4. The molecular formula is C14H24N2O4. The summed E-state index contributed by atoms with van der Waals surface area (Å²) in [6, 6.07) is -0.0417. The van der Waals surface area contributed by atoms with Crippen LogP contribution in [0, 0.1) is 11.8 Å². The van der Waals surface area contributed by atoms with Crippen LogP contribution in [0.15, 0.2) is 0 Å². The summed E-state index contributed by atoms with van der Waals surface area (Å²) < 4.78 is 0. The van der Waals surface area contributed by atoms with E-state index in [0.717, 1.165) is 19.3 Å². The van der Waals surface area contributed by atoms with Crippen molar-refractivity contribution in [1.29, 1.82) is 0 Å². The molecule has 0 aliphatic carbocycles. The van der Waals surface area contributed by atoms with E-state index < -0.39 is 11.9 Å². The highest BCUT2D eigenvalue weighted by Crippen LogP contribution is 2.23. The Kier molecular flexibility index (Phi) is 4.86. The quantitative estimate of drug-likeness (QED) is 0.792. The molecule has 0 aromatic carbocycles. The molecule has 0 aromatic heterocycles. The van der Waals surface area contributed by atoms with Crippen LogP contribution in [-0.2, 0) is 4.79 Å². The number of hydrogen-bond donors (Lipinski definition) is 2. The van der Waals surface area contributed by atoms with Crippen LogP contribution >= 0.6 is 0 Å². The van der Waals surface area contributed by atoms with Crippen molar-refractivity contribution in [3.63, 3.8) is 0 Å². The number of piperidine rings is 2. The summed E-state index contributed by atoms with van der Waals surface area (Å²) in [7, 11) is 0. The molecule has 0 aromatic rings. The standard InChI is InChI=1S/C14H24N2O4/c1-10(17)11-4-7-15(8-5-11)14(20)16-6-2-3-12(9-16)13(18)19/h10-12,17H,2-9H2,1H3,(H,18,19)/t10?,12-/m1/s1. The van der Waals surface area contributed by atoms with Gasteiger partial charge in [0.05, 0.1) is 12.0 Å². The van der Waals surface area contributed by atoms with Gasteiger partial charge in [0.25, 0.3) is 0 Å². The molecule has 0 radical (unpaired) electrons. The van der Waals surface area contributed by atoms with Gasteiger partial charge in [-0.05, 0) is 38.5 Å². The fraction of sp³-hybridized carbons (Fsp3) is 0.857. The predicted molar refractivity (Wildman–Crippen MR) is 73.3 cm³/mol. The Hall–Kier alpha value is -1.30. The number of carboxylic acids is 1. The van der Waals surface area contributed by atoms with Crippen LogP contribution in [0.3, 0.4) is 0 Å². The molecule has 2 aliphatic heterocycles. The second-order valence-electron chi connectivity index (χ2n) is 5.97. The Morgan fingerprint density at radius 2 is 1.75 bits per heavy atom. The molecule has 2 N–H and O–H groups in total. The van der Waals surface area contributed by atoms with Gasteiger partial charge >= 0.3 is 12.0 Å². The van der Waals surface area contributed by atoms with E-state index in [4.69, 9.17) is 5.11 Å². The Morgan fingerprint density at radius 1 is 1.10 bits per heavy atom. The molecule has 2 saturated heterocycles. The van der Waals surface area contributed by atoms with Crippen LogP contribution in [0.4, 0.5) is 4.79 Å². The number of nitrogens with zero attached hydrogens (tertiary/aromatic N) is 2. The Morgan fingerprint density at radius 3 is 2.30 bits per heavy atom. The summed E-state index contributed by atoms with van der Waals surface area (Å²) in [4.78, 5) is 26.9. The van der Waals surface area contributed by atoms with E-state index >= 15 is 0 Å². The van der Waals surface area contributed by atoms with Crippen LogP contribution in [-0.4, -0.2) is 64.3 Å². The number of carbonyl (C=O) groups excluding carboxylic acids is 1. The lowest BCUT2D eigenvalue weighted by molar-refractivity contribution is -0.143. The lowest BCUT2D eigenvalue weighted by Gasteiger charge is -2.38. The lowest BCUT2D eigenvalue weighted by atomic mass is 9.92. The molecule has 114 valence electrons. The third kappa shape index (κ3) is 3.42. The van der Waals surface area contributed by atoms with Gasteiger partial charge in [0, 0.05) is 26.2 Å². The Bertz CT molecular complexity index is 364. The first-order valence-electron chi connectivity index (χ1n) is 7.43. The summed E-state index contributed by atoms with van der Waals surface area (Å²) in [5, 5.41) is 18.6. The lowest BCUT2D eigenvalue weighted by Crippen LogP contribution is -2.51. The summed E-state index contributed by atoms with van der Waals surface area (Å²) in [5.41, 5.74) is 0. The van der Waals surface area contributed by atoms with E-state index in [-0.39, 0.29) is 18.1 Å². The fourth-order valence-corrected chi connectivity index (χ4v) is 3.13. The Labute approximate surface area is 119 Å². The van der Waals surface area contributed by atoms with Crippen molar-refractivity contribution in [2.45, 2.75) is 38.7 Å². The van der Waals surface area contributed by atoms with Gasteiger partial charge in [-0.1, -0.05) is 0 Å². The predicted octanol–water partition coefficient (Wildman–Crippen LogP) is 0.996. The van der Waals surface area contributed by atoms with Crippen molar-refractivity contribution in [3.8, 4) is 0 Å². The van der Waals surface area contributed by atoms with Gasteiger partial charge < -0.3 is 20.0 Å². The topological polar surface area (TPSA) is 81.1 Å². The van der Waals surface area contributed by atoms with Crippen molar-refractivity contribution in [2.75, 3.05) is 26.2 Å². The number of aliphatic carboxylic acids is 1. The molecule has 2 aliphatic rings. The summed E-state index contributed by atoms with van der Waals surface area (Å²) in [5.74, 6) is -0.967. The number of hydrogen-bond acceptors (Lipinski definition) is 3. The molecule has 0 saturated carbocycles. The monoisotopic (exact) mass is 284 g/mol. The average molecular weight is 284 g/mol. The minimum Gasteiger partial charge on any atom is -0.481 e. The van der Waals surface area contributed by atoms with E-state index in [0.29, 0.717) is 32.6 Å². The first kappa shape index (κ1) is 15.1. The number of aliphatic hydroxyl groups excluding tert-OH is 1. The zero-order valence-corrected chi connectivity index (χ0v) is 12.0. The third-order valence-electron chi connectivity index (χ3n) is 4.53. The molecule has 2 rings (SSSR count). The summed E-state index contributed by atoms with van der Waals surface area (Å²) >= 11 is 0. The number of amides is 2. The first-order valence-corrected chi connectivity index (χ1v) is 7.43. The first-order chi connectivity index (χ1) is 9.49. The number of likely N-dealkylation sites (tertiary alicyclic amines) is 2. The van der Waals surface area contributed by atoms with Crippen LogP contribution in [0.2, 0.25) is 0 Å². The van der Waals surface area contributed by atoms with Crippen molar-refractivity contribution in [2.24, 2.45) is 11.8 Å². The molecule has 0 spiro atoms. The molecule has 0 bridgehead atoms. The van der Waals surface area contributed by atoms with Gasteiger partial charge in [-0.2, -0.15) is 0 Å². The number of aliphatic hydroxyl groups is 1. The van der Waals surface area contributed by atoms with E-state index in [9.17, 15) is 14.7 Å². The molecular weight excluding hydrogens is 260 g/mol. The molecule has 2 fully saturated rings. The summed E-state index contributed by atoms with van der Waals surface area (Å²) in [6.07, 6.45) is 2.73. The van der Waals surface area contributed by atoms with Crippen LogP contribution in [0.5, 0.6) is 0 Å². The molecule has 1 unspecified atom stereocenters. The molecule has 6 nitrogen and oxygen atoms in total. The highest BCUT2D eigenvalue weighted by atomic mass is 16.4. The zero-order valence-electron chi connectivity index (χ0n) is 12.0. The normalized spacial score (nSPS) is 26.4. The molecule has 2 heterocycles. The molecule has 2 atom stereocenters. The number of carboxylic acid groups (broad SMARTS) is 1. The maximum atomic E-state index is 12.4. The van der Waals surface area contributed by atoms with Crippen LogP contribution < -0.4 is 0 Å². The highest BCUT2D eigenvalue weighted by Gasteiger charge is 2.32. The van der Waals surface area contributed by atoms with Crippen molar-refractivity contribution < 1.29 is 19.8 Å². The number of urea groups is 1. The van der Waals surface area contributed by atoms with Gasteiger partial charge in [0.1, 0.15) is 0 Å². The SMILES string of the molecule is CC(O)C1CCN(C(=O)N2CCC[C@@H](C(=O)O)C2)CC1. The second-order valence-corrected chi connectivity index (χ2v) is 5.97. The second kappa shape index (κ2) is 6.43. The van der Waals surface area contributed by atoms with E-state index in [1.165, 1.54) is 0 Å². The van der Waals surface area contributed by atoms with Gasteiger partial charge in [0.15, 0.2) is 0 Å². The molecule has 20 heavy (non-hydrogen) atoms. The summed E-state index contributed by atoms with van der Waals surface area (Å²) in [6.45, 7) is 4.08. The van der Waals surface area contributed by atoms with Crippen molar-refractivity contribution in [3.05, 3.63) is 0 Å². The average Bonchev–Trinajstić information content (AvgIpc) is 2.46. The van der Waals surface area contributed by atoms with Gasteiger partial charge in [-0.15, -0.1) is 0 Å². The maximum Gasteiger partial charge on any atom is 0.320 e. The van der Waals surface area contributed by atoms with E-state index in [1.807, 2.05) is 0 Å². The van der Waals surface area contributed by atoms with E-state index in [2.05, 4.69) is 0 Å². The highest BCUT2D eigenvalue weighted by molar-refractivity contribution is 5.76. The van der Waals surface area contributed by atoms with Gasteiger partial charge in [-0.25, -0.2) is 4.79 Å². The third-order valence-corrected chi connectivity index (χ3v) is 4.53. The van der Waals surface area contributed by atoms with Crippen molar-refractivity contribution >= 4 is 12.0 Å². The number of rotatable bonds is 2. The molecule has 2 amide bonds. The van der Waals surface area contributed by atoms with Crippen LogP contribution in [0.25, 0.3) is 0 Å². The number of carbonyl (C=O) groups is 2. The Balaban J connectivity index is 1.87. The smallest absolute Gasteiger partial charge is 0.320 e. The van der Waals surface area contributed by atoms with Gasteiger partial charge in [-0.3, -0.25) is 4.79 Å². The van der Waals surface area contributed by atoms with Crippen molar-refractivity contribution in [1.82, 2.24) is 9.80 Å². The minimum absolute atomic E-state index is 0.0417. The van der Waals surface area contributed by atoms with Crippen LogP contribution in [0.1, 0.15) is 32.6 Å².